The summed E-state index contributed by atoms with van der Waals surface area (Å²) in [6.45, 7) is 0. The molecule has 0 saturated heterocycles. The number of hydrogen-bond acceptors (Lipinski definition) is 0. The van der Waals surface area contributed by atoms with Crippen LogP contribution in [0.15, 0.2) is 42.5 Å². The van der Waals surface area contributed by atoms with Crippen molar-refractivity contribution in [2.45, 2.75) is 32.1 Å². The molecule has 0 nitrogen and oxygen atoms in total. The van der Waals surface area contributed by atoms with Crippen LogP contribution in [0, 0.1) is 0 Å². The van der Waals surface area contributed by atoms with Gasteiger partial charge in [-0.15, -0.1) is 0 Å². The predicted octanol–water partition coefficient (Wildman–Crippen LogP) is 4.82. The summed E-state index contributed by atoms with van der Waals surface area (Å²) in [7, 11) is 0. The lowest BCUT2D eigenvalue weighted by Crippen LogP contribution is -1.92. The van der Waals surface area contributed by atoms with Gasteiger partial charge in [0, 0.05) is 6.42 Å². The molecule has 2 aromatic rings. The first-order valence-corrected chi connectivity index (χ1v) is 6.02. The smallest absolute Gasteiger partial charge is 0.211 e. The Hall–Kier alpha value is -1.44. The summed E-state index contributed by atoms with van der Waals surface area (Å²) in [5, 5.41) is 2.46. The number of fused-ring (bicyclic) bond motifs is 1. The summed E-state index contributed by atoms with van der Waals surface area (Å²) in [5.41, 5.74) is 1.26. The Balaban J connectivity index is 2.03. The van der Waals surface area contributed by atoms with Crippen molar-refractivity contribution in [3.05, 3.63) is 48.0 Å². The molecule has 90 valence electrons. The molecule has 0 N–H and O–H groups in total. The van der Waals surface area contributed by atoms with Gasteiger partial charge >= 0.3 is 0 Å². The molecule has 0 fully saturated rings. The number of rotatable bonds is 5. The molecular formula is C15H16F2. The number of benzene rings is 2. The standard InChI is InChI=1S/C15H16F2/c16-15(17)11-4-2-7-13-9-5-8-12-6-1-3-10-14(12)13/h1,3,5-6,8-10,15H,2,4,7,11H2. The molecular weight excluding hydrogens is 218 g/mol. The molecule has 0 atom stereocenters. The minimum absolute atomic E-state index is 0.0186. The largest absolute Gasteiger partial charge is 0.238 e. The first-order chi connectivity index (χ1) is 8.27. The molecule has 2 aromatic carbocycles. The highest BCUT2D eigenvalue weighted by molar-refractivity contribution is 5.85. The third-order valence-corrected chi connectivity index (χ3v) is 3.00. The SMILES string of the molecule is FC(F)CCCCc1cccc2ccccc12. The summed E-state index contributed by atoms with van der Waals surface area (Å²) >= 11 is 0. The maximum absolute atomic E-state index is 12.0. The second-order valence-corrected chi connectivity index (χ2v) is 4.28. The molecule has 0 aliphatic heterocycles. The van der Waals surface area contributed by atoms with Crippen molar-refractivity contribution in [3.8, 4) is 0 Å². The van der Waals surface area contributed by atoms with Gasteiger partial charge in [-0.2, -0.15) is 0 Å². The van der Waals surface area contributed by atoms with E-state index in [2.05, 4.69) is 24.3 Å². The third-order valence-electron chi connectivity index (χ3n) is 3.00. The van der Waals surface area contributed by atoms with Crippen LogP contribution >= 0.6 is 0 Å². The van der Waals surface area contributed by atoms with Gasteiger partial charge in [-0.05, 0) is 35.6 Å². The third kappa shape index (κ3) is 3.26. The van der Waals surface area contributed by atoms with Gasteiger partial charge in [0.2, 0.25) is 6.43 Å². The second kappa shape index (κ2) is 5.76. The average molecular weight is 234 g/mol. The van der Waals surface area contributed by atoms with Crippen molar-refractivity contribution in [2.24, 2.45) is 0 Å². The zero-order chi connectivity index (χ0) is 12.1. The van der Waals surface area contributed by atoms with Gasteiger partial charge in [-0.3, -0.25) is 0 Å². The molecule has 0 aromatic heterocycles. The second-order valence-electron chi connectivity index (χ2n) is 4.28. The Kier molecular flexibility index (Phi) is 4.08. The van der Waals surface area contributed by atoms with Gasteiger partial charge in [-0.1, -0.05) is 42.5 Å². The van der Waals surface area contributed by atoms with E-state index >= 15 is 0 Å². The van der Waals surface area contributed by atoms with E-state index in [-0.39, 0.29) is 6.42 Å². The lowest BCUT2D eigenvalue weighted by Gasteiger charge is -2.06. The fourth-order valence-electron chi connectivity index (χ4n) is 2.12. The van der Waals surface area contributed by atoms with Gasteiger partial charge in [0.05, 0.1) is 0 Å². The summed E-state index contributed by atoms with van der Waals surface area (Å²) in [4.78, 5) is 0. The maximum Gasteiger partial charge on any atom is 0.238 e. The molecule has 2 rings (SSSR count). The molecule has 2 heteroatoms. The highest BCUT2D eigenvalue weighted by Gasteiger charge is 2.03. The average Bonchev–Trinajstić information content (AvgIpc) is 2.34. The van der Waals surface area contributed by atoms with E-state index in [1.807, 2.05) is 18.2 Å². The molecule has 0 spiro atoms. The molecule has 0 saturated carbocycles. The highest BCUT2D eigenvalue weighted by atomic mass is 19.3. The van der Waals surface area contributed by atoms with E-state index in [1.54, 1.807) is 0 Å². The zero-order valence-corrected chi connectivity index (χ0v) is 9.70. The van der Waals surface area contributed by atoms with Crippen LogP contribution in [0.2, 0.25) is 0 Å². The first-order valence-electron chi connectivity index (χ1n) is 6.02. The molecule has 0 unspecified atom stereocenters. The number of alkyl halides is 2. The molecule has 0 radical (unpaired) electrons. The fourth-order valence-corrected chi connectivity index (χ4v) is 2.12. The number of unbranched alkanes of at least 4 members (excludes halogenated alkanes) is 1. The summed E-state index contributed by atoms with van der Waals surface area (Å²) in [6, 6.07) is 14.4. The van der Waals surface area contributed by atoms with Crippen LogP contribution in [0.4, 0.5) is 8.78 Å². The van der Waals surface area contributed by atoms with Gasteiger partial charge in [0.15, 0.2) is 0 Å². The quantitative estimate of drug-likeness (QED) is 0.651. The summed E-state index contributed by atoms with van der Waals surface area (Å²) in [5.74, 6) is 0. The van der Waals surface area contributed by atoms with Gasteiger partial charge in [0.25, 0.3) is 0 Å². The molecule has 0 aliphatic carbocycles. The van der Waals surface area contributed by atoms with E-state index in [1.165, 1.54) is 16.3 Å². The maximum atomic E-state index is 12.0. The lowest BCUT2D eigenvalue weighted by atomic mass is 10.00. The predicted molar refractivity (Wildman–Crippen MR) is 67.5 cm³/mol. The number of halogens is 2. The normalized spacial score (nSPS) is 11.2. The van der Waals surface area contributed by atoms with E-state index in [4.69, 9.17) is 0 Å². The molecule has 17 heavy (non-hydrogen) atoms. The highest BCUT2D eigenvalue weighted by Crippen LogP contribution is 2.20. The number of aryl methyl sites for hydroxylation is 1. The van der Waals surface area contributed by atoms with Crippen molar-refractivity contribution in [1.29, 1.82) is 0 Å². The molecule has 0 heterocycles. The van der Waals surface area contributed by atoms with Crippen molar-refractivity contribution in [2.75, 3.05) is 0 Å². The van der Waals surface area contributed by atoms with E-state index < -0.39 is 6.43 Å². The van der Waals surface area contributed by atoms with Gasteiger partial charge in [-0.25, -0.2) is 8.78 Å². The van der Waals surface area contributed by atoms with Crippen molar-refractivity contribution in [1.82, 2.24) is 0 Å². The zero-order valence-electron chi connectivity index (χ0n) is 9.70. The topological polar surface area (TPSA) is 0 Å². The van der Waals surface area contributed by atoms with Gasteiger partial charge < -0.3 is 0 Å². The fraction of sp³-hybridized carbons (Fsp3) is 0.333. The van der Waals surface area contributed by atoms with E-state index in [0.717, 1.165) is 12.8 Å². The Morgan fingerprint density at radius 1 is 0.882 bits per heavy atom. The van der Waals surface area contributed by atoms with Crippen LogP contribution in [0.5, 0.6) is 0 Å². The molecule has 0 amide bonds. The van der Waals surface area contributed by atoms with Crippen LogP contribution in [0.1, 0.15) is 24.8 Å². The first kappa shape index (κ1) is 12.0. The van der Waals surface area contributed by atoms with Crippen LogP contribution in [0.25, 0.3) is 10.8 Å². The monoisotopic (exact) mass is 234 g/mol. The van der Waals surface area contributed by atoms with Crippen LogP contribution in [-0.4, -0.2) is 6.43 Å². The lowest BCUT2D eigenvalue weighted by molar-refractivity contribution is 0.134. The van der Waals surface area contributed by atoms with Gasteiger partial charge in [0.1, 0.15) is 0 Å². The number of hydrogen-bond donors (Lipinski definition) is 0. The molecule has 0 aliphatic rings. The van der Waals surface area contributed by atoms with Crippen molar-refractivity contribution in [3.63, 3.8) is 0 Å². The van der Waals surface area contributed by atoms with Crippen LogP contribution in [-0.2, 0) is 6.42 Å². The minimum atomic E-state index is -2.16. The van der Waals surface area contributed by atoms with E-state index in [9.17, 15) is 8.78 Å². The minimum Gasteiger partial charge on any atom is -0.211 e. The summed E-state index contributed by atoms with van der Waals surface area (Å²) < 4.78 is 24.0. The van der Waals surface area contributed by atoms with E-state index in [0.29, 0.717) is 6.42 Å². The van der Waals surface area contributed by atoms with Crippen molar-refractivity contribution < 1.29 is 8.78 Å². The Morgan fingerprint density at radius 3 is 2.47 bits per heavy atom. The Labute approximate surface area is 100 Å². The van der Waals surface area contributed by atoms with Crippen LogP contribution in [0.3, 0.4) is 0 Å². The Morgan fingerprint density at radius 2 is 1.65 bits per heavy atom. The summed E-state index contributed by atoms with van der Waals surface area (Å²) in [6.07, 6.45) is 0.167. The molecule has 0 bridgehead atoms. The Bertz CT molecular complexity index is 472. The van der Waals surface area contributed by atoms with Crippen LogP contribution < -0.4 is 0 Å². The van der Waals surface area contributed by atoms with Crippen molar-refractivity contribution >= 4 is 10.8 Å².